The van der Waals surface area contributed by atoms with E-state index in [0.29, 0.717) is 12.2 Å². The Morgan fingerprint density at radius 3 is 2.95 bits per heavy atom. The lowest BCUT2D eigenvalue weighted by Gasteiger charge is -2.11. The number of fused-ring (bicyclic) bond motifs is 5. The summed E-state index contributed by atoms with van der Waals surface area (Å²) in [5, 5.41) is 0.973. The normalized spacial score (nSPS) is 12.0. The molecule has 4 rings (SSSR count). The van der Waals surface area contributed by atoms with Gasteiger partial charge in [-0.1, -0.05) is 30.3 Å². The minimum absolute atomic E-state index is 0.252. The largest absolute Gasteiger partial charge is 0.462 e. The predicted octanol–water partition coefficient (Wildman–Crippen LogP) is 3.98. The standard InChI is InChI=1S/C19H15NO2/c1-2-22-19(21)16-11-13-7-5-9-20-18(13)17-14-8-4-3-6-12(14)10-15(16)17/h3-9,11H,2,10H2,1H3. The molecule has 1 aromatic heterocycles. The van der Waals surface area contributed by atoms with Crippen LogP contribution in [0.1, 0.15) is 28.4 Å². The number of nitrogens with zero attached hydrogens (tertiary/aromatic N) is 1. The maximum Gasteiger partial charge on any atom is 0.338 e. The van der Waals surface area contributed by atoms with Gasteiger partial charge in [0.2, 0.25) is 0 Å². The van der Waals surface area contributed by atoms with Gasteiger partial charge in [0.05, 0.1) is 17.7 Å². The maximum absolute atomic E-state index is 12.4. The molecular weight excluding hydrogens is 274 g/mol. The van der Waals surface area contributed by atoms with Gasteiger partial charge in [-0.3, -0.25) is 4.98 Å². The number of hydrogen-bond donors (Lipinski definition) is 0. The highest BCUT2D eigenvalue weighted by molar-refractivity contribution is 6.06. The minimum Gasteiger partial charge on any atom is -0.462 e. The van der Waals surface area contributed by atoms with Crippen LogP contribution in [0.5, 0.6) is 0 Å². The molecule has 3 aromatic rings. The third kappa shape index (κ3) is 1.82. The fraction of sp³-hybridized carbons (Fsp3) is 0.158. The Morgan fingerprint density at radius 1 is 1.23 bits per heavy atom. The first-order valence-electron chi connectivity index (χ1n) is 7.45. The molecule has 0 fully saturated rings. The van der Waals surface area contributed by atoms with Gasteiger partial charge in [-0.2, -0.15) is 0 Å². The van der Waals surface area contributed by atoms with E-state index in [4.69, 9.17) is 4.74 Å². The van der Waals surface area contributed by atoms with Crippen LogP contribution in [-0.2, 0) is 11.2 Å². The summed E-state index contributed by atoms with van der Waals surface area (Å²) in [5.74, 6) is -0.252. The molecule has 0 bridgehead atoms. The van der Waals surface area contributed by atoms with Crippen molar-refractivity contribution in [1.82, 2.24) is 4.98 Å². The van der Waals surface area contributed by atoms with Gasteiger partial charge in [-0.15, -0.1) is 0 Å². The first-order chi connectivity index (χ1) is 10.8. The highest BCUT2D eigenvalue weighted by Crippen LogP contribution is 2.42. The molecule has 0 unspecified atom stereocenters. The van der Waals surface area contributed by atoms with Crippen molar-refractivity contribution in [1.29, 1.82) is 0 Å². The summed E-state index contributed by atoms with van der Waals surface area (Å²) in [7, 11) is 0. The van der Waals surface area contributed by atoms with Gasteiger partial charge in [0.1, 0.15) is 0 Å². The van der Waals surface area contributed by atoms with E-state index in [2.05, 4.69) is 17.1 Å². The van der Waals surface area contributed by atoms with E-state index in [1.54, 1.807) is 6.20 Å². The summed E-state index contributed by atoms with van der Waals surface area (Å²) in [6, 6.07) is 14.1. The lowest BCUT2D eigenvalue weighted by Crippen LogP contribution is -2.08. The van der Waals surface area contributed by atoms with E-state index in [1.165, 1.54) is 11.1 Å². The second kappa shape index (κ2) is 4.95. The van der Waals surface area contributed by atoms with Crippen molar-refractivity contribution < 1.29 is 9.53 Å². The number of esters is 1. The molecule has 1 aliphatic rings. The van der Waals surface area contributed by atoms with Crippen LogP contribution in [0.15, 0.2) is 48.7 Å². The third-order valence-electron chi connectivity index (χ3n) is 4.15. The monoisotopic (exact) mass is 289 g/mol. The van der Waals surface area contributed by atoms with Crippen molar-refractivity contribution in [2.45, 2.75) is 13.3 Å². The lowest BCUT2D eigenvalue weighted by molar-refractivity contribution is 0.0525. The Balaban J connectivity index is 2.06. The Labute approximate surface area is 128 Å². The van der Waals surface area contributed by atoms with Crippen LogP contribution in [0.3, 0.4) is 0 Å². The van der Waals surface area contributed by atoms with E-state index in [0.717, 1.165) is 28.5 Å². The SMILES string of the molecule is CCOC(=O)c1cc2cccnc2c2c1Cc1ccccc1-2. The molecule has 0 aliphatic heterocycles. The molecule has 0 N–H and O–H groups in total. The lowest BCUT2D eigenvalue weighted by atomic mass is 9.97. The second-order valence-electron chi connectivity index (χ2n) is 5.41. The predicted molar refractivity (Wildman–Crippen MR) is 85.9 cm³/mol. The summed E-state index contributed by atoms with van der Waals surface area (Å²) in [6.45, 7) is 2.21. The van der Waals surface area contributed by atoms with Crippen LogP contribution in [-0.4, -0.2) is 17.6 Å². The molecule has 3 nitrogen and oxygen atoms in total. The van der Waals surface area contributed by atoms with Gasteiger partial charge in [-0.25, -0.2) is 4.79 Å². The second-order valence-corrected chi connectivity index (χ2v) is 5.41. The Hall–Kier alpha value is -2.68. The van der Waals surface area contributed by atoms with Crippen molar-refractivity contribution in [2.75, 3.05) is 6.61 Å². The van der Waals surface area contributed by atoms with Gasteiger partial charge in [0.25, 0.3) is 0 Å². The zero-order valence-corrected chi connectivity index (χ0v) is 12.3. The fourth-order valence-electron chi connectivity index (χ4n) is 3.24. The molecule has 0 spiro atoms. The van der Waals surface area contributed by atoms with Gasteiger partial charge in [0, 0.05) is 17.1 Å². The van der Waals surface area contributed by atoms with E-state index < -0.39 is 0 Å². The van der Waals surface area contributed by atoms with E-state index in [9.17, 15) is 4.79 Å². The molecule has 1 aliphatic carbocycles. The summed E-state index contributed by atoms with van der Waals surface area (Å²) < 4.78 is 5.24. The molecule has 0 saturated heterocycles. The van der Waals surface area contributed by atoms with Crippen LogP contribution in [0.25, 0.3) is 22.0 Å². The molecule has 0 saturated carbocycles. The highest BCUT2D eigenvalue weighted by Gasteiger charge is 2.27. The van der Waals surface area contributed by atoms with Crippen LogP contribution < -0.4 is 0 Å². The van der Waals surface area contributed by atoms with Crippen molar-refractivity contribution in [3.8, 4) is 11.1 Å². The zero-order chi connectivity index (χ0) is 15.1. The minimum atomic E-state index is -0.252. The van der Waals surface area contributed by atoms with Crippen molar-refractivity contribution in [3.63, 3.8) is 0 Å². The molecule has 2 aromatic carbocycles. The highest BCUT2D eigenvalue weighted by atomic mass is 16.5. The maximum atomic E-state index is 12.4. The smallest absolute Gasteiger partial charge is 0.338 e. The molecule has 22 heavy (non-hydrogen) atoms. The summed E-state index contributed by atoms with van der Waals surface area (Å²) in [4.78, 5) is 16.9. The number of ether oxygens (including phenoxy) is 1. The van der Waals surface area contributed by atoms with E-state index in [1.807, 2.05) is 37.3 Å². The Bertz CT molecular complexity index is 899. The molecule has 1 heterocycles. The summed E-state index contributed by atoms with van der Waals surface area (Å²) >= 11 is 0. The summed E-state index contributed by atoms with van der Waals surface area (Å²) in [5.41, 5.74) is 6.14. The number of benzene rings is 2. The van der Waals surface area contributed by atoms with Crippen LogP contribution >= 0.6 is 0 Å². The van der Waals surface area contributed by atoms with Gasteiger partial charge >= 0.3 is 5.97 Å². The molecule has 0 amide bonds. The van der Waals surface area contributed by atoms with Crippen LogP contribution in [0, 0.1) is 0 Å². The first kappa shape index (κ1) is 13.0. The number of hydrogen-bond acceptors (Lipinski definition) is 3. The number of pyridine rings is 1. The van der Waals surface area contributed by atoms with Crippen LogP contribution in [0.4, 0.5) is 0 Å². The average Bonchev–Trinajstić information content (AvgIpc) is 2.94. The first-order valence-corrected chi connectivity index (χ1v) is 7.45. The number of aromatic nitrogens is 1. The number of rotatable bonds is 2. The fourth-order valence-corrected chi connectivity index (χ4v) is 3.24. The topological polar surface area (TPSA) is 39.2 Å². The Kier molecular flexibility index (Phi) is 2.93. The third-order valence-corrected chi connectivity index (χ3v) is 4.15. The molecule has 3 heteroatoms. The molecular formula is C19H15NO2. The Morgan fingerprint density at radius 2 is 2.09 bits per heavy atom. The quantitative estimate of drug-likeness (QED) is 0.524. The molecule has 0 radical (unpaired) electrons. The number of carbonyl (C=O) groups is 1. The molecule has 108 valence electrons. The van der Waals surface area contributed by atoms with E-state index in [-0.39, 0.29) is 5.97 Å². The van der Waals surface area contributed by atoms with Gasteiger partial charge in [-0.05, 0) is 42.2 Å². The van der Waals surface area contributed by atoms with Crippen molar-refractivity contribution in [3.05, 3.63) is 65.4 Å². The zero-order valence-electron chi connectivity index (χ0n) is 12.3. The van der Waals surface area contributed by atoms with Gasteiger partial charge < -0.3 is 4.74 Å². The number of carbonyl (C=O) groups excluding carboxylic acids is 1. The summed E-state index contributed by atoms with van der Waals surface area (Å²) in [6.07, 6.45) is 2.56. The van der Waals surface area contributed by atoms with Crippen LogP contribution in [0.2, 0.25) is 0 Å². The molecule has 0 atom stereocenters. The van der Waals surface area contributed by atoms with Crippen molar-refractivity contribution >= 4 is 16.9 Å². The van der Waals surface area contributed by atoms with Crippen molar-refractivity contribution in [2.24, 2.45) is 0 Å². The van der Waals surface area contributed by atoms with E-state index >= 15 is 0 Å². The van der Waals surface area contributed by atoms with Gasteiger partial charge in [0.15, 0.2) is 0 Å². The average molecular weight is 289 g/mol.